The Kier molecular flexibility index (Phi) is 6.23. The summed E-state index contributed by atoms with van der Waals surface area (Å²) in [6, 6.07) is 9.44. The second-order valence-corrected chi connectivity index (χ2v) is 6.79. The second-order valence-electron chi connectivity index (χ2n) is 4.27. The minimum absolute atomic E-state index is 0.603. The van der Waals surface area contributed by atoms with Crippen LogP contribution in [-0.4, -0.2) is 6.61 Å². The first-order valence-corrected chi connectivity index (χ1v) is 8.65. The molecule has 2 rings (SSSR count). The van der Waals surface area contributed by atoms with E-state index in [1.54, 1.807) is 12.1 Å². The Morgan fingerprint density at radius 1 is 1.10 bits per heavy atom. The first-order chi connectivity index (χ1) is 10.0. The van der Waals surface area contributed by atoms with Crippen LogP contribution in [0.3, 0.4) is 0 Å². The van der Waals surface area contributed by atoms with Crippen LogP contribution in [0.2, 0.25) is 10.0 Å². The van der Waals surface area contributed by atoms with E-state index in [0.29, 0.717) is 23.2 Å². The molecular formula is C15H13Br2Cl2NO. The second kappa shape index (κ2) is 7.73. The molecule has 2 aromatic carbocycles. The van der Waals surface area contributed by atoms with Gasteiger partial charge >= 0.3 is 0 Å². The van der Waals surface area contributed by atoms with Crippen molar-refractivity contribution in [2.24, 2.45) is 0 Å². The quantitative estimate of drug-likeness (QED) is 0.555. The smallest absolute Gasteiger partial charge is 0.147 e. The van der Waals surface area contributed by atoms with Gasteiger partial charge in [-0.25, -0.2) is 0 Å². The van der Waals surface area contributed by atoms with Crippen molar-refractivity contribution in [2.75, 3.05) is 11.9 Å². The van der Waals surface area contributed by atoms with Gasteiger partial charge in [0.1, 0.15) is 5.75 Å². The Balaban J connectivity index is 2.17. The molecule has 1 N–H and O–H groups in total. The number of anilines is 1. The zero-order chi connectivity index (χ0) is 15.4. The zero-order valence-electron chi connectivity index (χ0n) is 11.2. The van der Waals surface area contributed by atoms with Gasteiger partial charge in [0.2, 0.25) is 0 Å². The van der Waals surface area contributed by atoms with Gasteiger partial charge in [-0.3, -0.25) is 0 Å². The predicted molar refractivity (Wildman–Crippen MR) is 96.8 cm³/mol. The van der Waals surface area contributed by atoms with Crippen molar-refractivity contribution < 1.29 is 4.74 Å². The molecule has 0 aliphatic carbocycles. The maximum Gasteiger partial charge on any atom is 0.147 e. The number of hydrogen-bond donors (Lipinski definition) is 1. The molecule has 2 nitrogen and oxygen atoms in total. The van der Waals surface area contributed by atoms with Crippen molar-refractivity contribution in [1.82, 2.24) is 0 Å². The Bertz CT molecular complexity index is 606. The van der Waals surface area contributed by atoms with Crippen LogP contribution in [0.5, 0.6) is 5.75 Å². The Labute approximate surface area is 151 Å². The van der Waals surface area contributed by atoms with E-state index >= 15 is 0 Å². The third-order valence-electron chi connectivity index (χ3n) is 2.78. The van der Waals surface area contributed by atoms with Crippen LogP contribution in [-0.2, 0) is 6.54 Å². The maximum atomic E-state index is 6.14. The van der Waals surface area contributed by atoms with Gasteiger partial charge in [0, 0.05) is 6.54 Å². The average molecular weight is 454 g/mol. The lowest BCUT2D eigenvalue weighted by molar-refractivity contribution is 0.336. The molecule has 0 aromatic heterocycles. The molecule has 0 saturated carbocycles. The van der Waals surface area contributed by atoms with Crippen molar-refractivity contribution in [3.05, 3.63) is 54.9 Å². The summed E-state index contributed by atoms with van der Waals surface area (Å²) < 4.78 is 7.37. The highest BCUT2D eigenvalue weighted by molar-refractivity contribution is 9.11. The van der Waals surface area contributed by atoms with Gasteiger partial charge < -0.3 is 10.1 Å². The fourth-order valence-corrected chi connectivity index (χ4v) is 3.90. The highest BCUT2D eigenvalue weighted by Gasteiger charge is 2.10. The highest BCUT2D eigenvalue weighted by atomic mass is 79.9. The molecule has 0 radical (unpaired) electrons. The molecule has 0 saturated heterocycles. The summed E-state index contributed by atoms with van der Waals surface area (Å²) in [4.78, 5) is 0. The summed E-state index contributed by atoms with van der Waals surface area (Å²) in [5.41, 5.74) is 1.81. The number of halogens is 4. The molecule has 21 heavy (non-hydrogen) atoms. The molecule has 0 unspecified atom stereocenters. The summed E-state index contributed by atoms with van der Waals surface area (Å²) in [5.74, 6) is 0.803. The van der Waals surface area contributed by atoms with E-state index < -0.39 is 0 Å². The van der Waals surface area contributed by atoms with Crippen LogP contribution in [0, 0.1) is 0 Å². The van der Waals surface area contributed by atoms with E-state index in [1.807, 2.05) is 25.1 Å². The van der Waals surface area contributed by atoms with Crippen molar-refractivity contribution in [3.8, 4) is 5.75 Å². The van der Waals surface area contributed by atoms with Gasteiger partial charge in [0.05, 0.1) is 31.3 Å². The third-order valence-corrected chi connectivity index (χ3v) is 4.59. The van der Waals surface area contributed by atoms with E-state index in [4.69, 9.17) is 27.9 Å². The molecule has 0 bridgehead atoms. The normalized spacial score (nSPS) is 10.5. The molecule has 0 atom stereocenters. The number of hydrogen-bond acceptors (Lipinski definition) is 2. The Morgan fingerprint density at radius 3 is 2.19 bits per heavy atom. The maximum absolute atomic E-state index is 6.14. The number of ether oxygens (including phenoxy) is 1. The minimum Gasteiger partial charge on any atom is -0.492 e. The van der Waals surface area contributed by atoms with E-state index in [9.17, 15) is 0 Å². The molecule has 112 valence electrons. The van der Waals surface area contributed by atoms with Gasteiger partial charge in [0.25, 0.3) is 0 Å². The molecule has 2 aromatic rings. The van der Waals surface area contributed by atoms with Crippen LogP contribution in [0.4, 0.5) is 5.69 Å². The molecule has 0 heterocycles. The lowest BCUT2D eigenvalue weighted by Gasteiger charge is -2.13. The largest absolute Gasteiger partial charge is 0.492 e. The van der Waals surface area contributed by atoms with Gasteiger partial charge in [0.15, 0.2) is 0 Å². The summed E-state index contributed by atoms with van der Waals surface area (Å²) >= 11 is 19.3. The molecule has 0 fully saturated rings. The number of nitrogens with one attached hydrogen (secondary N) is 1. The van der Waals surface area contributed by atoms with Crippen LogP contribution < -0.4 is 10.1 Å². The van der Waals surface area contributed by atoms with Crippen LogP contribution >= 0.6 is 55.1 Å². The summed E-state index contributed by atoms with van der Waals surface area (Å²) in [6.45, 7) is 3.17. The third kappa shape index (κ3) is 4.28. The number of para-hydroxylation sites is 1. The van der Waals surface area contributed by atoms with Crippen molar-refractivity contribution in [3.63, 3.8) is 0 Å². The molecule has 0 aliphatic heterocycles. The molecule has 0 amide bonds. The van der Waals surface area contributed by atoms with E-state index in [-0.39, 0.29) is 0 Å². The van der Waals surface area contributed by atoms with Gasteiger partial charge in [-0.2, -0.15) is 0 Å². The van der Waals surface area contributed by atoms with Crippen molar-refractivity contribution in [1.29, 1.82) is 0 Å². The fraction of sp³-hybridized carbons (Fsp3) is 0.200. The lowest BCUT2D eigenvalue weighted by Crippen LogP contribution is -2.02. The first-order valence-electron chi connectivity index (χ1n) is 6.31. The standard InChI is InChI=1S/C15H13Br2Cl2NO/c1-2-21-15-10(16)6-9(7-11(15)17)8-20-14-12(18)4-3-5-13(14)19/h3-7,20H,2,8H2,1H3. The molecule has 6 heteroatoms. The van der Waals surface area contributed by atoms with Crippen LogP contribution in [0.25, 0.3) is 0 Å². The predicted octanol–water partition coefficient (Wildman–Crippen LogP) is 6.53. The van der Waals surface area contributed by atoms with Crippen LogP contribution in [0.15, 0.2) is 39.3 Å². The van der Waals surface area contributed by atoms with Gasteiger partial charge in [-0.05, 0) is 68.6 Å². The van der Waals surface area contributed by atoms with Crippen molar-refractivity contribution in [2.45, 2.75) is 13.5 Å². The highest BCUT2D eigenvalue weighted by Crippen LogP contribution is 2.35. The lowest BCUT2D eigenvalue weighted by atomic mass is 10.2. The topological polar surface area (TPSA) is 21.3 Å². The Morgan fingerprint density at radius 2 is 1.67 bits per heavy atom. The summed E-state index contributed by atoms with van der Waals surface area (Å²) in [5, 5.41) is 4.46. The SMILES string of the molecule is CCOc1c(Br)cc(CNc2c(Cl)cccc2Cl)cc1Br. The minimum atomic E-state index is 0.603. The fourth-order valence-electron chi connectivity index (χ4n) is 1.85. The molecule has 0 spiro atoms. The average Bonchev–Trinajstić information content (AvgIpc) is 2.42. The van der Waals surface area contributed by atoms with E-state index in [0.717, 1.165) is 25.9 Å². The Hall–Kier alpha value is -0.420. The zero-order valence-corrected chi connectivity index (χ0v) is 15.9. The molecule has 0 aliphatic rings. The monoisotopic (exact) mass is 451 g/mol. The first kappa shape index (κ1) is 16.9. The van der Waals surface area contributed by atoms with Gasteiger partial charge in [-0.15, -0.1) is 0 Å². The van der Waals surface area contributed by atoms with Gasteiger partial charge in [-0.1, -0.05) is 29.3 Å². The van der Waals surface area contributed by atoms with Crippen molar-refractivity contribution >= 4 is 60.7 Å². The molecular weight excluding hydrogens is 441 g/mol. The number of benzene rings is 2. The number of rotatable bonds is 5. The van der Waals surface area contributed by atoms with Crippen LogP contribution in [0.1, 0.15) is 12.5 Å². The van der Waals surface area contributed by atoms with E-state index in [2.05, 4.69) is 37.2 Å². The van der Waals surface area contributed by atoms with E-state index in [1.165, 1.54) is 0 Å². The summed E-state index contributed by atoms with van der Waals surface area (Å²) in [6.07, 6.45) is 0. The summed E-state index contributed by atoms with van der Waals surface area (Å²) in [7, 11) is 0.